The van der Waals surface area contributed by atoms with Gasteiger partial charge in [0.15, 0.2) is 0 Å². The molecule has 3 N–H and O–H groups in total. The second kappa shape index (κ2) is 6.60. The number of carboxylic acids is 1. The van der Waals surface area contributed by atoms with Gasteiger partial charge in [0.1, 0.15) is 11.6 Å². The van der Waals surface area contributed by atoms with Crippen LogP contribution in [0.2, 0.25) is 0 Å². The van der Waals surface area contributed by atoms with E-state index in [1.807, 2.05) is 5.32 Å². The topological polar surface area (TPSA) is 95.5 Å². The molecule has 0 bridgehead atoms. The van der Waals surface area contributed by atoms with Gasteiger partial charge in [0, 0.05) is 22.9 Å². The maximum Gasteiger partial charge on any atom is 0.331 e. The van der Waals surface area contributed by atoms with Gasteiger partial charge in [-0.05, 0) is 26.0 Å². The lowest BCUT2D eigenvalue weighted by Gasteiger charge is -2.08. The Morgan fingerprint density at radius 1 is 1.00 bits per heavy atom. The molecule has 0 aliphatic rings. The lowest BCUT2D eigenvalue weighted by atomic mass is 10.1. The molecular formula is C13H12F2N2O4. The van der Waals surface area contributed by atoms with Gasteiger partial charge in [-0.2, -0.15) is 0 Å². The maximum atomic E-state index is 12.9. The van der Waals surface area contributed by atoms with Crippen molar-refractivity contribution in [3.63, 3.8) is 0 Å². The second-order valence-electron chi connectivity index (χ2n) is 4.12. The molecule has 0 aliphatic carbocycles. The van der Waals surface area contributed by atoms with Gasteiger partial charge in [0.25, 0.3) is 5.91 Å². The Morgan fingerprint density at radius 3 is 2.00 bits per heavy atom. The Hall–Kier alpha value is -2.77. The molecule has 0 fully saturated rings. The number of hydrogen-bond acceptors (Lipinski definition) is 3. The van der Waals surface area contributed by atoms with Crippen LogP contribution in [0, 0.1) is 11.6 Å². The van der Waals surface area contributed by atoms with E-state index in [1.54, 1.807) is 0 Å². The van der Waals surface area contributed by atoms with E-state index >= 15 is 0 Å². The zero-order valence-corrected chi connectivity index (χ0v) is 11.2. The summed E-state index contributed by atoms with van der Waals surface area (Å²) in [5.41, 5.74) is -0.574. The van der Waals surface area contributed by atoms with Crippen LogP contribution >= 0.6 is 0 Å². The van der Waals surface area contributed by atoms with Crippen molar-refractivity contribution in [2.45, 2.75) is 13.8 Å². The first-order chi connectivity index (χ1) is 9.70. The van der Waals surface area contributed by atoms with Crippen molar-refractivity contribution in [2.75, 3.05) is 5.32 Å². The van der Waals surface area contributed by atoms with Gasteiger partial charge in [-0.15, -0.1) is 0 Å². The van der Waals surface area contributed by atoms with Crippen LogP contribution in [0.15, 0.2) is 29.3 Å². The third-order valence-electron chi connectivity index (χ3n) is 2.57. The van der Waals surface area contributed by atoms with E-state index in [4.69, 9.17) is 5.11 Å². The van der Waals surface area contributed by atoms with Gasteiger partial charge in [0.05, 0.1) is 0 Å². The molecule has 8 heteroatoms. The number of benzene rings is 1. The number of carbonyl (C=O) groups is 3. The number of aliphatic carboxylic acids is 1. The predicted octanol–water partition coefficient (Wildman–Crippen LogP) is 2.03. The third-order valence-corrected chi connectivity index (χ3v) is 2.57. The smallest absolute Gasteiger partial charge is 0.331 e. The highest BCUT2D eigenvalue weighted by Gasteiger charge is 2.15. The van der Waals surface area contributed by atoms with E-state index < -0.39 is 29.5 Å². The van der Waals surface area contributed by atoms with Crippen LogP contribution in [0.3, 0.4) is 0 Å². The Bertz CT molecular complexity index is 621. The number of carboxylic acid groups (broad SMARTS) is 1. The number of carbonyl (C=O) groups excluding carboxylic acids is 2. The second-order valence-corrected chi connectivity index (χ2v) is 4.12. The summed E-state index contributed by atoms with van der Waals surface area (Å²) in [7, 11) is 0. The minimum atomic E-state index is -1.30. The summed E-state index contributed by atoms with van der Waals surface area (Å²) in [5, 5.41) is 12.6. The Labute approximate surface area is 118 Å². The molecule has 0 radical (unpaired) electrons. The Kier molecular flexibility index (Phi) is 5.12. The highest BCUT2D eigenvalue weighted by molar-refractivity contribution is 6.10. The van der Waals surface area contributed by atoms with E-state index in [1.165, 1.54) is 13.8 Å². The van der Waals surface area contributed by atoms with Crippen LogP contribution < -0.4 is 10.6 Å². The number of amides is 3. The third kappa shape index (κ3) is 4.68. The molecule has 0 spiro atoms. The molecule has 0 unspecified atom stereocenters. The van der Waals surface area contributed by atoms with E-state index in [0.717, 1.165) is 12.1 Å². The van der Waals surface area contributed by atoms with Crippen molar-refractivity contribution < 1.29 is 28.3 Å². The number of hydrogen-bond donors (Lipinski definition) is 3. The van der Waals surface area contributed by atoms with Crippen molar-refractivity contribution in [3.8, 4) is 0 Å². The number of nitrogens with one attached hydrogen (secondary N) is 2. The van der Waals surface area contributed by atoms with Gasteiger partial charge >= 0.3 is 12.0 Å². The van der Waals surface area contributed by atoms with Crippen molar-refractivity contribution in [1.82, 2.24) is 5.32 Å². The van der Waals surface area contributed by atoms with Crippen LogP contribution in [0.5, 0.6) is 0 Å². The summed E-state index contributed by atoms with van der Waals surface area (Å²) < 4.78 is 25.8. The van der Waals surface area contributed by atoms with Crippen LogP contribution in [0.4, 0.5) is 19.3 Å². The molecule has 21 heavy (non-hydrogen) atoms. The molecule has 112 valence electrons. The number of imide groups is 1. The van der Waals surface area contributed by atoms with Crippen LogP contribution in [-0.2, 0) is 9.59 Å². The highest BCUT2D eigenvalue weighted by Crippen LogP contribution is 2.12. The van der Waals surface area contributed by atoms with Crippen molar-refractivity contribution in [3.05, 3.63) is 41.0 Å². The number of halogens is 2. The summed E-state index contributed by atoms with van der Waals surface area (Å²) in [5.74, 6) is -4.01. The fourth-order valence-corrected chi connectivity index (χ4v) is 1.32. The SMILES string of the molecule is CC(C(=O)O)=C(C)C(=O)NC(=O)Nc1cc(F)cc(F)c1. The molecule has 1 aromatic rings. The standard InChI is InChI=1S/C13H12F2N2O4/c1-6(7(2)12(19)20)11(18)17-13(21)16-10-4-8(14)3-9(15)5-10/h3-5H,1-2H3,(H,19,20)(H2,16,17,18,21). The molecule has 0 aliphatic heterocycles. The molecule has 0 aromatic heterocycles. The van der Waals surface area contributed by atoms with Crippen LogP contribution in [-0.4, -0.2) is 23.0 Å². The summed E-state index contributed by atoms with van der Waals surface area (Å²) in [6, 6.07) is 1.30. The van der Waals surface area contributed by atoms with Crippen molar-refractivity contribution in [1.29, 1.82) is 0 Å². The Morgan fingerprint density at radius 2 is 1.52 bits per heavy atom. The molecule has 0 saturated carbocycles. The Balaban J connectivity index is 2.76. The summed E-state index contributed by atoms with van der Waals surface area (Å²) in [4.78, 5) is 33.7. The highest BCUT2D eigenvalue weighted by atomic mass is 19.1. The molecule has 3 amide bonds. The lowest BCUT2D eigenvalue weighted by Crippen LogP contribution is -2.35. The molecular weight excluding hydrogens is 286 g/mol. The first-order valence-electron chi connectivity index (χ1n) is 5.70. The first kappa shape index (κ1) is 16.3. The van der Waals surface area contributed by atoms with E-state index in [2.05, 4.69) is 5.32 Å². The molecule has 0 atom stereocenters. The molecule has 6 nitrogen and oxygen atoms in total. The van der Waals surface area contributed by atoms with Gasteiger partial charge in [-0.1, -0.05) is 0 Å². The minimum Gasteiger partial charge on any atom is -0.478 e. The van der Waals surface area contributed by atoms with Crippen molar-refractivity contribution in [2.24, 2.45) is 0 Å². The maximum absolute atomic E-state index is 12.9. The van der Waals surface area contributed by atoms with Gasteiger partial charge in [-0.25, -0.2) is 18.4 Å². The zero-order chi connectivity index (χ0) is 16.2. The van der Waals surface area contributed by atoms with Gasteiger partial charge < -0.3 is 10.4 Å². The summed E-state index contributed by atoms with van der Waals surface area (Å²) in [6.45, 7) is 2.44. The minimum absolute atomic E-state index is 0.164. The average molecular weight is 298 g/mol. The van der Waals surface area contributed by atoms with E-state index in [-0.39, 0.29) is 16.8 Å². The predicted molar refractivity (Wildman–Crippen MR) is 69.5 cm³/mol. The molecule has 0 heterocycles. The van der Waals surface area contributed by atoms with E-state index in [9.17, 15) is 23.2 Å². The largest absolute Gasteiger partial charge is 0.478 e. The first-order valence-corrected chi connectivity index (χ1v) is 5.70. The van der Waals surface area contributed by atoms with Gasteiger partial charge in [0.2, 0.25) is 0 Å². The summed E-state index contributed by atoms with van der Waals surface area (Å²) in [6.07, 6.45) is 0. The summed E-state index contributed by atoms with van der Waals surface area (Å²) >= 11 is 0. The molecule has 1 aromatic carbocycles. The zero-order valence-electron chi connectivity index (χ0n) is 11.2. The fraction of sp³-hybridized carbons (Fsp3) is 0.154. The molecule has 1 rings (SSSR count). The van der Waals surface area contributed by atoms with E-state index in [0.29, 0.717) is 6.07 Å². The molecule has 0 saturated heterocycles. The number of anilines is 1. The fourth-order valence-electron chi connectivity index (χ4n) is 1.32. The average Bonchev–Trinajstić information content (AvgIpc) is 2.35. The van der Waals surface area contributed by atoms with Crippen molar-refractivity contribution >= 4 is 23.6 Å². The quantitative estimate of drug-likeness (QED) is 0.744. The monoisotopic (exact) mass is 298 g/mol. The van der Waals surface area contributed by atoms with Crippen LogP contribution in [0.1, 0.15) is 13.8 Å². The van der Waals surface area contributed by atoms with Gasteiger partial charge in [-0.3, -0.25) is 10.1 Å². The number of rotatable bonds is 3. The number of urea groups is 1. The normalized spacial score (nSPS) is 11.4. The lowest BCUT2D eigenvalue weighted by molar-refractivity contribution is -0.133. The van der Waals surface area contributed by atoms with Crippen LogP contribution in [0.25, 0.3) is 0 Å².